The normalized spacial score (nSPS) is 17.2. The molecule has 0 amide bonds. The van der Waals surface area contributed by atoms with Gasteiger partial charge in [0, 0.05) is 0 Å². The summed E-state index contributed by atoms with van der Waals surface area (Å²) in [6.45, 7) is 0. The molecule has 2 N–H and O–H groups in total. The minimum absolute atomic E-state index is 0.265. The molecular weight excluding hydrogens is 200 g/mol. The van der Waals surface area contributed by atoms with Crippen molar-refractivity contribution in [1.82, 2.24) is 0 Å². The van der Waals surface area contributed by atoms with Crippen LogP contribution in [0.4, 0.5) is 0 Å². The third-order valence-electron chi connectivity index (χ3n) is 1.45. The number of phenols is 2. The van der Waals surface area contributed by atoms with E-state index < -0.39 is 27.6 Å². The lowest BCUT2D eigenvalue weighted by molar-refractivity contribution is 0.323. The van der Waals surface area contributed by atoms with Crippen molar-refractivity contribution in [3.05, 3.63) is 12.1 Å². The van der Waals surface area contributed by atoms with E-state index in [4.69, 9.17) is 5.11 Å². The highest BCUT2D eigenvalue weighted by Crippen LogP contribution is 2.46. The van der Waals surface area contributed by atoms with E-state index in [0.29, 0.717) is 0 Å². The average Bonchev–Trinajstić information content (AvgIpc) is 2.02. The molecule has 1 heterocycles. The smallest absolute Gasteiger partial charge is 0.501 e. The van der Waals surface area contributed by atoms with E-state index in [9.17, 15) is 13.5 Å². The van der Waals surface area contributed by atoms with E-state index in [1.54, 1.807) is 0 Å². The lowest BCUT2D eigenvalue weighted by atomic mass is 10.3. The molecule has 0 atom stereocenters. The summed E-state index contributed by atoms with van der Waals surface area (Å²) < 4.78 is 30.0. The van der Waals surface area contributed by atoms with Crippen molar-refractivity contribution in [2.24, 2.45) is 0 Å². The zero-order valence-corrected chi connectivity index (χ0v) is 6.91. The van der Waals surface area contributed by atoms with Crippen LogP contribution in [-0.2, 0) is 10.4 Å². The second kappa shape index (κ2) is 2.19. The van der Waals surface area contributed by atoms with Crippen LogP contribution in [0.1, 0.15) is 0 Å². The van der Waals surface area contributed by atoms with Gasteiger partial charge in [-0.05, 0) is 12.1 Å². The van der Waals surface area contributed by atoms with Gasteiger partial charge in [0.15, 0.2) is 11.5 Å². The monoisotopic (exact) mass is 204 g/mol. The van der Waals surface area contributed by atoms with Gasteiger partial charge in [-0.1, -0.05) is 0 Å². The minimum Gasteiger partial charge on any atom is -0.504 e. The van der Waals surface area contributed by atoms with Crippen molar-refractivity contribution in [2.75, 3.05) is 0 Å². The Morgan fingerprint density at radius 2 is 1.85 bits per heavy atom. The SMILES string of the molecule is O=S1(=O)Oc2ccc(O)c(c2O)O1. The van der Waals surface area contributed by atoms with E-state index in [1.807, 2.05) is 0 Å². The Morgan fingerprint density at radius 1 is 1.15 bits per heavy atom. The first-order chi connectivity index (χ1) is 5.99. The Hall–Kier alpha value is -1.63. The fourth-order valence-electron chi connectivity index (χ4n) is 0.921. The topological polar surface area (TPSA) is 93.1 Å². The van der Waals surface area contributed by atoms with Crippen LogP contribution in [0.25, 0.3) is 0 Å². The van der Waals surface area contributed by atoms with Crippen LogP contribution in [0.3, 0.4) is 0 Å². The Bertz CT molecular complexity index is 462. The zero-order valence-electron chi connectivity index (χ0n) is 6.09. The quantitative estimate of drug-likeness (QED) is 0.623. The molecule has 0 aromatic heterocycles. The van der Waals surface area contributed by atoms with Gasteiger partial charge in [0.05, 0.1) is 0 Å². The molecular formula is C6H4O6S. The molecule has 1 aromatic rings. The molecule has 0 fully saturated rings. The van der Waals surface area contributed by atoms with Crippen LogP contribution in [0.2, 0.25) is 0 Å². The number of phenolic OH excluding ortho intramolecular Hbond substituents is 2. The Balaban J connectivity index is 2.72. The van der Waals surface area contributed by atoms with E-state index in [-0.39, 0.29) is 5.75 Å². The van der Waals surface area contributed by atoms with Gasteiger partial charge >= 0.3 is 10.4 Å². The third-order valence-corrected chi connectivity index (χ3v) is 2.21. The Labute approximate surface area is 73.3 Å². The van der Waals surface area contributed by atoms with Crippen LogP contribution in [0.5, 0.6) is 23.0 Å². The molecule has 1 aliphatic rings. The number of aromatic hydroxyl groups is 2. The maximum atomic E-state index is 10.8. The first-order valence-corrected chi connectivity index (χ1v) is 4.52. The first-order valence-electron chi connectivity index (χ1n) is 3.18. The zero-order chi connectivity index (χ0) is 9.64. The lowest BCUT2D eigenvalue weighted by Crippen LogP contribution is -2.20. The summed E-state index contributed by atoms with van der Waals surface area (Å²) in [5.41, 5.74) is 0. The molecule has 1 aliphatic heterocycles. The van der Waals surface area contributed by atoms with Crippen molar-refractivity contribution in [3.8, 4) is 23.0 Å². The Kier molecular flexibility index (Phi) is 1.35. The van der Waals surface area contributed by atoms with Gasteiger partial charge in [0.2, 0.25) is 11.5 Å². The molecule has 2 bridgehead atoms. The maximum Gasteiger partial charge on any atom is 0.501 e. The largest absolute Gasteiger partial charge is 0.504 e. The molecule has 0 unspecified atom stereocenters. The van der Waals surface area contributed by atoms with Crippen LogP contribution in [0.15, 0.2) is 12.1 Å². The lowest BCUT2D eigenvalue weighted by Gasteiger charge is -2.16. The number of fused-ring (bicyclic) bond motifs is 2. The predicted octanol–water partition coefficient (Wildman–Crippen LogP) is 0.114. The second-order valence-corrected chi connectivity index (χ2v) is 3.49. The molecule has 0 spiro atoms. The average molecular weight is 204 g/mol. The molecule has 0 saturated carbocycles. The van der Waals surface area contributed by atoms with Crippen molar-refractivity contribution in [3.63, 3.8) is 0 Å². The fourth-order valence-corrected chi connectivity index (χ4v) is 1.68. The molecule has 6 nitrogen and oxygen atoms in total. The maximum absolute atomic E-state index is 10.8. The van der Waals surface area contributed by atoms with Crippen molar-refractivity contribution < 1.29 is 27.0 Å². The number of rotatable bonds is 0. The molecule has 2 rings (SSSR count). The Morgan fingerprint density at radius 3 is 2.54 bits per heavy atom. The molecule has 0 aliphatic carbocycles. The first kappa shape index (κ1) is 7.99. The van der Waals surface area contributed by atoms with E-state index in [1.165, 1.54) is 0 Å². The summed E-state index contributed by atoms with van der Waals surface area (Å²) in [4.78, 5) is 0. The van der Waals surface area contributed by atoms with E-state index in [2.05, 4.69) is 8.37 Å². The van der Waals surface area contributed by atoms with Gasteiger partial charge in [-0.15, -0.1) is 8.42 Å². The predicted molar refractivity (Wildman–Crippen MR) is 39.9 cm³/mol. The molecule has 0 saturated heterocycles. The standard InChI is InChI=1S/C6H4O6S/c7-3-1-2-4-5(8)6(3)12-13(9,10)11-4/h1-2,7-8H. The van der Waals surface area contributed by atoms with Crippen LogP contribution in [0, 0.1) is 0 Å². The summed E-state index contributed by atoms with van der Waals surface area (Å²) in [7, 11) is -4.19. The van der Waals surface area contributed by atoms with Gasteiger partial charge in [-0.3, -0.25) is 0 Å². The third kappa shape index (κ3) is 1.13. The summed E-state index contributed by atoms with van der Waals surface area (Å²) >= 11 is 0. The number of hydrogen-bond donors (Lipinski definition) is 2. The molecule has 7 heteroatoms. The summed E-state index contributed by atoms with van der Waals surface area (Å²) in [5.74, 6) is -1.77. The molecule has 0 radical (unpaired) electrons. The van der Waals surface area contributed by atoms with Crippen LogP contribution >= 0.6 is 0 Å². The molecule has 1 aromatic carbocycles. The van der Waals surface area contributed by atoms with Gasteiger partial charge in [0.25, 0.3) is 0 Å². The number of hydrogen-bond acceptors (Lipinski definition) is 6. The van der Waals surface area contributed by atoms with E-state index >= 15 is 0 Å². The van der Waals surface area contributed by atoms with Crippen molar-refractivity contribution >= 4 is 10.4 Å². The molecule has 70 valence electrons. The van der Waals surface area contributed by atoms with E-state index in [0.717, 1.165) is 12.1 Å². The summed E-state index contributed by atoms with van der Waals surface area (Å²) in [6, 6.07) is 2.27. The van der Waals surface area contributed by atoms with Gasteiger partial charge in [-0.25, -0.2) is 0 Å². The number of benzene rings is 1. The second-order valence-electron chi connectivity index (χ2n) is 2.34. The van der Waals surface area contributed by atoms with Crippen LogP contribution in [-0.4, -0.2) is 18.6 Å². The van der Waals surface area contributed by atoms with Gasteiger partial charge in [-0.2, -0.15) is 0 Å². The fraction of sp³-hybridized carbons (Fsp3) is 0. The van der Waals surface area contributed by atoms with Crippen molar-refractivity contribution in [1.29, 1.82) is 0 Å². The highest BCUT2D eigenvalue weighted by Gasteiger charge is 2.30. The van der Waals surface area contributed by atoms with Crippen molar-refractivity contribution in [2.45, 2.75) is 0 Å². The summed E-state index contributed by atoms with van der Waals surface area (Å²) in [6.07, 6.45) is 0. The highest BCUT2D eigenvalue weighted by atomic mass is 32.3. The minimum atomic E-state index is -4.19. The highest BCUT2D eigenvalue weighted by molar-refractivity contribution is 7.82. The molecule has 13 heavy (non-hydrogen) atoms. The van der Waals surface area contributed by atoms with Gasteiger partial charge in [0.1, 0.15) is 0 Å². The summed E-state index contributed by atoms with van der Waals surface area (Å²) in [5, 5.41) is 18.3. The van der Waals surface area contributed by atoms with Crippen LogP contribution < -0.4 is 8.37 Å². The van der Waals surface area contributed by atoms with Gasteiger partial charge < -0.3 is 18.6 Å².